The molecule has 1 heteroatoms. The second-order valence-corrected chi connectivity index (χ2v) is 1.68. The largest absolute Gasteiger partial charge is 0.303 e. The number of rotatable bonds is 3. The average molecular weight is 99.2 g/mol. The molecule has 0 rings (SSSR count). The molecule has 0 N–H and O–H groups in total. The molecule has 0 aliphatic heterocycles. The third-order valence-corrected chi connectivity index (χ3v) is 1.01. The van der Waals surface area contributed by atoms with Gasteiger partial charge in [-0.25, -0.2) is 0 Å². The van der Waals surface area contributed by atoms with Crippen LogP contribution in [0.1, 0.15) is 19.8 Å². The van der Waals surface area contributed by atoms with Crippen LogP contribution in [0.4, 0.5) is 0 Å². The van der Waals surface area contributed by atoms with Gasteiger partial charge in [0, 0.05) is 6.42 Å². The van der Waals surface area contributed by atoms with Gasteiger partial charge in [0.2, 0.25) is 0 Å². The van der Waals surface area contributed by atoms with Gasteiger partial charge >= 0.3 is 0 Å². The van der Waals surface area contributed by atoms with Crippen molar-refractivity contribution in [2.45, 2.75) is 19.8 Å². The van der Waals surface area contributed by atoms with E-state index in [4.69, 9.17) is 0 Å². The van der Waals surface area contributed by atoms with E-state index in [1.54, 1.807) is 0 Å². The van der Waals surface area contributed by atoms with Gasteiger partial charge in [0.25, 0.3) is 0 Å². The van der Waals surface area contributed by atoms with Crippen LogP contribution in [-0.2, 0) is 4.79 Å². The highest BCUT2D eigenvalue weighted by molar-refractivity contribution is 5.49. The Bertz CT molecular complexity index is 50.1. The predicted molar refractivity (Wildman–Crippen MR) is 29.8 cm³/mol. The first-order chi connectivity index (χ1) is 3.31. The van der Waals surface area contributed by atoms with Crippen LogP contribution in [0, 0.1) is 12.8 Å². The lowest BCUT2D eigenvalue weighted by Crippen LogP contribution is -1.91. The van der Waals surface area contributed by atoms with Crippen LogP contribution in [0.5, 0.6) is 0 Å². The average Bonchev–Trinajstić information content (AvgIpc) is 1.68. The van der Waals surface area contributed by atoms with Gasteiger partial charge in [-0.1, -0.05) is 13.3 Å². The molecular weight excluding hydrogens is 88.1 g/mol. The first-order valence-corrected chi connectivity index (χ1v) is 2.58. The van der Waals surface area contributed by atoms with Crippen molar-refractivity contribution in [3.05, 3.63) is 6.92 Å². The number of carbonyl (C=O) groups is 1. The number of carbonyl (C=O) groups excluding carboxylic acids is 1. The topological polar surface area (TPSA) is 17.1 Å². The summed E-state index contributed by atoms with van der Waals surface area (Å²) in [5.74, 6) is 0.331. The van der Waals surface area contributed by atoms with E-state index in [0.29, 0.717) is 12.3 Å². The Morgan fingerprint density at radius 3 is 2.57 bits per heavy atom. The van der Waals surface area contributed by atoms with E-state index >= 15 is 0 Å². The smallest absolute Gasteiger partial charge is 0.120 e. The molecule has 0 aromatic heterocycles. The van der Waals surface area contributed by atoms with Gasteiger partial charge in [0.05, 0.1) is 0 Å². The fraction of sp³-hybridized carbons (Fsp3) is 0.667. The maximum atomic E-state index is 9.73. The number of hydrogen-bond acceptors (Lipinski definition) is 1. The van der Waals surface area contributed by atoms with Crippen LogP contribution < -0.4 is 0 Å². The molecule has 0 bridgehead atoms. The zero-order valence-corrected chi connectivity index (χ0v) is 4.68. The number of aldehydes is 1. The normalized spacial score (nSPS) is 13.4. The zero-order chi connectivity index (χ0) is 5.70. The molecule has 0 fully saturated rings. The molecule has 1 radical (unpaired) electrons. The van der Waals surface area contributed by atoms with E-state index in [-0.39, 0.29) is 0 Å². The van der Waals surface area contributed by atoms with E-state index in [9.17, 15) is 4.79 Å². The Labute approximate surface area is 44.7 Å². The van der Waals surface area contributed by atoms with Gasteiger partial charge in [-0.05, 0) is 12.8 Å². The molecule has 7 heavy (non-hydrogen) atoms. The van der Waals surface area contributed by atoms with Gasteiger partial charge < -0.3 is 4.79 Å². The SMILES string of the molecule is [CH2]C(CC)CC=O. The molecule has 0 spiro atoms. The summed E-state index contributed by atoms with van der Waals surface area (Å²) < 4.78 is 0. The van der Waals surface area contributed by atoms with Crippen molar-refractivity contribution in [1.82, 2.24) is 0 Å². The molecule has 0 aromatic carbocycles. The van der Waals surface area contributed by atoms with Crippen LogP contribution in [0.25, 0.3) is 0 Å². The molecule has 1 nitrogen and oxygen atoms in total. The standard InChI is InChI=1S/C6H11O/c1-3-6(2)4-5-7/h5-6H,2-4H2,1H3. The van der Waals surface area contributed by atoms with Crippen molar-refractivity contribution in [1.29, 1.82) is 0 Å². The second-order valence-electron chi connectivity index (χ2n) is 1.68. The van der Waals surface area contributed by atoms with Crippen molar-refractivity contribution in [2.75, 3.05) is 0 Å². The van der Waals surface area contributed by atoms with Crippen LogP contribution in [-0.4, -0.2) is 6.29 Å². The van der Waals surface area contributed by atoms with Gasteiger partial charge in [0.15, 0.2) is 0 Å². The highest BCUT2D eigenvalue weighted by Gasteiger charge is 1.93. The summed E-state index contributed by atoms with van der Waals surface area (Å²) in [5.41, 5.74) is 0. The van der Waals surface area contributed by atoms with E-state index in [2.05, 4.69) is 6.92 Å². The second kappa shape index (κ2) is 3.85. The Morgan fingerprint density at radius 1 is 1.86 bits per heavy atom. The summed E-state index contributed by atoms with van der Waals surface area (Å²) in [5, 5.41) is 0. The lowest BCUT2D eigenvalue weighted by atomic mass is 10.1. The Balaban J connectivity index is 2.98. The molecule has 0 amide bonds. The Hall–Kier alpha value is -0.330. The summed E-state index contributed by atoms with van der Waals surface area (Å²) in [4.78, 5) is 9.73. The number of hydrogen-bond donors (Lipinski definition) is 0. The quantitative estimate of drug-likeness (QED) is 0.489. The molecule has 0 heterocycles. The van der Waals surface area contributed by atoms with Crippen molar-refractivity contribution >= 4 is 6.29 Å². The third kappa shape index (κ3) is 3.50. The van der Waals surface area contributed by atoms with Gasteiger partial charge in [-0.2, -0.15) is 0 Å². The summed E-state index contributed by atoms with van der Waals surface area (Å²) in [6, 6.07) is 0. The van der Waals surface area contributed by atoms with Crippen molar-refractivity contribution in [2.24, 2.45) is 5.92 Å². The minimum Gasteiger partial charge on any atom is -0.303 e. The van der Waals surface area contributed by atoms with E-state index in [1.165, 1.54) is 0 Å². The molecule has 41 valence electrons. The molecule has 1 unspecified atom stereocenters. The fourth-order valence-corrected chi connectivity index (χ4v) is 0.303. The summed E-state index contributed by atoms with van der Waals surface area (Å²) in [6.45, 7) is 5.74. The minimum atomic E-state index is 0.331. The van der Waals surface area contributed by atoms with Crippen LogP contribution in [0.3, 0.4) is 0 Å². The van der Waals surface area contributed by atoms with Gasteiger partial charge in [-0.15, -0.1) is 0 Å². The molecule has 0 aromatic rings. The Kier molecular flexibility index (Phi) is 3.67. The summed E-state index contributed by atoms with van der Waals surface area (Å²) in [7, 11) is 0. The summed E-state index contributed by atoms with van der Waals surface area (Å²) >= 11 is 0. The van der Waals surface area contributed by atoms with E-state index in [1.807, 2.05) is 6.92 Å². The molecule has 1 atom stereocenters. The zero-order valence-electron chi connectivity index (χ0n) is 4.68. The maximum absolute atomic E-state index is 9.73. The lowest BCUT2D eigenvalue weighted by Gasteiger charge is -1.97. The molecule has 0 aliphatic rings. The van der Waals surface area contributed by atoms with Gasteiger partial charge in [-0.3, -0.25) is 0 Å². The predicted octanol–water partition coefficient (Wildman–Crippen LogP) is 1.44. The van der Waals surface area contributed by atoms with E-state index < -0.39 is 0 Å². The molecular formula is C6H11O. The highest BCUT2D eigenvalue weighted by atomic mass is 16.1. The summed E-state index contributed by atoms with van der Waals surface area (Å²) in [6.07, 6.45) is 2.52. The van der Waals surface area contributed by atoms with Crippen LogP contribution in [0.2, 0.25) is 0 Å². The monoisotopic (exact) mass is 99.1 g/mol. The molecule has 0 saturated heterocycles. The van der Waals surface area contributed by atoms with Crippen LogP contribution >= 0.6 is 0 Å². The highest BCUT2D eigenvalue weighted by Crippen LogP contribution is 2.01. The fourth-order valence-electron chi connectivity index (χ4n) is 0.303. The third-order valence-electron chi connectivity index (χ3n) is 1.01. The molecule has 0 saturated carbocycles. The minimum absolute atomic E-state index is 0.331. The maximum Gasteiger partial charge on any atom is 0.120 e. The van der Waals surface area contributed by atoms with Crippen molar-refractivity contribution in [3.8, 4) is 0 Å². The van der Waals surface area contributed by atoms with Crippen molar-refractivity contribution in [3.63, 3.8) is 0 Å². The first kappa shape index (κ1) is 6.67. The van der Waals surface area contributed by atoms with Crippen molar-refractivity contribution < 1.29 is 4.79 Å². The van der Waals surface area contributed by atoms with Crippen LogP contribution in [0.15, 0.2) is 0 Å². The Morgan fingerprint density at radius 2 is 2.43 bits per heavy atom. The molecule has 0 aliphatic carbocycles. The first-order valence-electron chi connectivity index (χ1n) is 2.58. The lowest BCUT2D eigenvalue weighted by molar-refractivity contribution is -0.108. The van der Waals surface area contributed by atoms with Gasteiger partial charge in [0.1, 0.15) is 6.29 Å². The van der Waals surface area contributed by atoms with E-state index in [0.717, 1.165) is 12.7 Å².